The molecule has 1 aliphatic heterocycles. The minimum atomic E-state index is -0.0423. The first-order chi connectivity index (χ1) is 10.2. The quantitative estimate of drug-likeness (QED) is 0.855. The van der Waals surface area contributed by atoms with Gasteiger partial charge in [0.05, 0.1) is 0 Å². The number of amides is 1. The number of nitrogens with zero attached hydrogens (tertiary/aromatic N) is 3. The van der Waals surface area contributed by atoms with Gasteiger partial charge in [-0.25, -0.2) is 4.98 Å². The first kappa shape index (κ1) is 13.8. The van der Waals surface area contributed by atoms with Crippen LogP contribution in [-0.2, 0) is 26.4 Å². The van der Waals surface area contributed by atoms with E-state index in [0.29, 0.717) is 18.5 Å². The van der Waals surface area contributed by atoms with Crippen molar-refractivity contribution in [3.05, 3.63) is 47.0 Å². The van der Waals surface area contributed by atoms with Crippen LogP contribution in [0.2, 0.25) is 0 Å². The van der Waals surface area contributed by atoms with Crippen molar-refractivity contribution in [2.24, 2.45) is 7.05 Å². The molecule has 0 saturated heterocycles. The lowest BCUT2D eigenvalue weighted by atomic mass is 9.98. The minimum absolute atomic E-state index is 0.0423. The van der Waals surface area contributed by atoms with Gasteiger partial charge in [0.25, 0.3) is 5.91 Å². The van der Waals surface area contributed by atoms with Gasteiger partial charge in [-0.15, -0.1) is 0 Å². The Balaban J connectivity index is 1.57. The SMILES string of the molecule is Cn1cnc(CCNC(=O)c2ccc3c(c2)CNCC3)n1. The van der Waals surface area contributed by atoms with Gasteiger partial charge in [0.15, 0.2) is 5.82 Å². The predicted molar refractivity (Wildman–Crippen MR) is 78.9 cm³/mol. The highest BCUT2D eigenvalue weighted by Crippen LogP contribution is 2.15. The molecule has 6 nitrogen and oxygen atoms in total. The fourth-order valence-corrected chi connectivity index (χ4v) is 2.51. The fourth-order valence-electron chi connectivity index (χ4n) is 2.51. The summed E-state index contributed by atoms with van der Waals surface area (Å²) >= 11 is 0. The van der Waals surface area contributed by atoms with Crippen LogP contribution < -0.4 is 10.6 Å². The van der Waals surface area contributed by atoms with Crippen molar-refractivity contribution in [3.8, 4) is 0 Å². The molecule has 21 heavy (non-hydrogen) atoms. The second-order valence-electron chi connectivity index (χ2n) is 5.25. The van der Waals surface area contributed by atoms with E-state index >= 15 is 0 Å². The van der Waals surface area contributed by atoms with Crippen LogP contribution in [0.1, 0.15) is 27.3 Å². The molecule has 0 radical (unpaired) electrons. The topological polar surface area (TPSA) is 71.8 Å². The van der Waals surface area contributed by atoms with Gasteiger partial charge in [0.1, 0.15) is 6.33 Å². The molecule has 1 aliphatic rings. The molecule has 1 aromatic heterocycles. The average molecular weight is 285 g/mol. The zero-order valence-corrected chi connectivity index (χ0v) is 12.1. The molecular formula is C15H19N5O. The number of nitrogens with one attached hydrogen (secondary N) is 2. The molecule has 0 aliphatic carbocycles. The van der Waals surface area contributed by atoms with E-state index in [4.69, 9.17) is 0 Å². The maximum atomic E-state index is 12.1. The summed E-state index contributed by atoms with van der Waals surface area (Å²) in [6.07, 6.45) is 3.33. The molecule has 110 valence electrons. The second-order valence-corrected chi connectivity index (χ2v) is 5.25. The summed E-state index contributed by atoms with van der Waals surface area (Å²) in [5.41, 5.74) is 3.27. The highest BCUT2D eigenvalue weighted by atomic mass is 16.1. The van der Waals surface area contributed by atoms with E-state index in [0.717, 1.165) is 25.3 Å². The van der Waals surface area contributed by atoms with Crippen molar-refractivity contribution in [1.29, 1.82) is 0 Å². The van der Waals surface area contributed by atoms with Crippen molar-refractivity contribution in [3.63, 3.8) is 0 Å². The molecule has 6 heteroatoms. The second kappa shape index (κ2) is 6.05. The number of hydrogen-bond acceptors (Lipinski definition) is 4. The first-order valence-corrected chi connectivity index (χ1v) is 7.17. The molecule has 1 amide bonds. The Hall–Kier alpha value is -2.21. The lowest BCUT2D eigenvalue weighted by Crippen LogP contribution is -2.27. The van der Waals surface area contributed by atoms with E-state index in [2.05, 4.69) is 26.8 Å². The molecule has 1 aromatic carbocycles. The molecule has 0 atom stereocenters. The Labute approximate surface area is 123 Å². The van der Waals surface area contributed by atoms with Gasteiger partial charge in [-0.05, 0) is 36.2 Å². The zero-order valence-electron chi connectivity index (χ0n) is 12.1. The van der Waals surface area contributed by atoms with E-state index < -0.39 is 0 Å². The summed E-state index contributed by atoms with van der Waals surface area (Å²) in [5.74, 6) is 0.701. The molecule has 3 rings (SSSR count). The van der Waals surface area contributed by atoms with Gasteiger partial charge >= 0.3 is 0 Å². The molecule has 0 fully saturated rings. The highest BCUT2D eigenvalue weighted by Gasteiger charge is 2.12. The molecule has 0 bridgehead atoms. The monoisotopic (exact) mass is 285 g/mol. The van der Waals surface area contributed by atoms with Crippen molar-refractivity contribution < 1.29 is 4.79 Å². The molecule has 0 saturated carbocycles. The molecule has 2 aromatic rings. The van der Waals surface area contributed by atoms with Gasteiger partial charge in [-0.1, -0.05) is 6.07 Å². The summed E-state index contributed by atoms with van der Waals surface area (Å²) < 4.78 is 1.66. The molecule has 0 spiro atoms. The Kier molecular flexibility index (Phi) is 3.96. The van der Waals surface area contributed by atoms with Crippen molar-refractivity contribution in [1.82, 2.24) is 25.4 Å². The van der Waals surface area contributed by atoms with Crippen LogP contribution in [0.4, 0.5) is 0 Å². The lowest BCUT2D eigenvalue weighted by molar-refractivity contribution is 0.0954. The van der Waals surface area contributed by atoms with Gasteiger partial charge < -0.3 is 10.6 Å². The van der Waals surface area contributed by atoms with Gasteiger partial charge in [0, 0.05) is 32.1 Å². The van der Waals surface area contributed by atoms with Gasteiger partial charge in [-0.3, -0.25) is 9.48 Å². The third kappa shape index (κ3) is 3.28. The highest BCUT2D eigenvalue weighted by molar-refractivity contribution is 5.94. The summed E-state index contributed by atoms with van der Waals surface area (Å²) in [6, 6.07) is 5.94. The number of rotatable bonds is 4. The van der Waals surface area contributed by atoms with Crippen LogP contribution in [-0.4, -0.2) is 33.8 Å². The van der Waals surface area contributed by atoms with E-state index in [1.807, 2.05) is 19.2 Å². The smallest absolute Gasteiger partial charge is 0.251 e. The number of benzene rings is 1. The number of fused-ring (bicyclic) bond motifs is 1. The molecule has 2 N–H and O–H groups in total. The van der Waals surface area contributed by atoms with Gasteiger partial charge in [-0.2, -0.15) is 5.10 Å². The number of aryl methyl sites for hydroxylation is 1. The van der Waals surface area contributed by atoms with Crippen LogP contribution in [0, 0.1) is 0 Å². The summed E-state index contributed by atoms with van der Waals surface area (Å²) in [5, 5.41) is 10.4. The summed E-state index contributed by atoms with van der Waals surface area (Å²) in [7, 11) is 1.83. The maximum Gasteiger partial charge on any atom is 0.251 e. The third-order valence-electron chi connectivity index (χ3n) is 3.64. The Morgan fingerprint density at radius 3 is 3.14 bits per heavy atom. The van der Waals surface area contributed by atoms with Crippen molar-refractivity contribution >= 4 is 5.91 Å². The minimum Gasteiger partial charge on any atom is -0.352 e. The van der Waals surface area contributed by atoms with E-state index in [1.54, 1.807) is 11.0 Å². The van der Waals surface area contributed by atoms with E-state index in [9.17, 15) is 4.79 Å². The summed E-state index contributed by atoms with van der Waals surface area (Å²) in [6.45, 7) is 2.39. The van der Waals surface area contributed by atoms with Crippen LogP contribution in [0.5, 0.6) is 0 Å². The van der Waals surface area contributed by atoms with Crippen LogP contribution >= 0.6 is 0 Å². The Morgan fingerprint density at radius 1 is 1.43 bits per heavy atom. The number of carbonyl (C=O) groups excluding carboxylic acids is 1. The summed E-state index contributed by atoms with van der Waals surface area (Å²) in [4.78, 5) is 16.3. The van der Waals surface area contributed by atoms with Crippen LogP contribution in [0.15, 0.2) is 24.5 Å². The number of carbonyl (C=O) groups is 1. The van der Waals surface area contributed by atoms with Crippen molar-refractivity contribution in [2.45, 2.75) is 19.4 Å². The lowest BCUT2D eigenvalue weighted by Gasteiger charge is -2.17. The third-order valence-corrected chi connectivity index (χ3v) is 3.64. The number of aromatic nitrogens is 3. The molecule has 0 unspecified atom stereocenters. The maximum absolute atomic E-state index is 12.1. The normalized spacial score (nSPS) is 13.8. The fraction of sp³-hybridized carbons (Fsp3) is 0.400. The Morgan fingerprint density at radius 2 is 2.33 bits per heavy atom. The molecule has 2 heterocycles. The van der Waals surface area contributed by atoms with Crippen molar-refractivity contribution in [2.75, 3.05) is 13.1 Å². The first-order valence-electron chi connectivity index (χ1n) is 7.17. The predicted octanol–water partition coefficient (Wildman–Crippen LogP) is 0.433. The largest absolute Gasteiger partial charge is 0.352 e. The van der Waals surface area contributed by atoms with Crippen LogP contribution in [0.25, 0.3) is 0 Å². The molecular weight excluding hydrogens is 266 g/mol. The standard InChI is InChI=1S/C15H19N5O/c1-20-10-18-14(19-20)5-7-17-15(21)12-3-2-11-4-6-16-9-13(11)8-12/h2-3,8,10,16H,4-7,9H2,1H3,(H,17,21). The van der Waals surface area contributed by atoms with Gasteiger partial charge in [0.2, 0.25) is 0 Å². The van der Waals surface area contributed by atoms with E-state index in [-0.39, 0.29) is 5.91 Å². The average Bonchev–Trinajstić information content (AvgIpc) is 2.92. The van der Waals surface area contributed by atoms with E-state index in [1.165, 1.54) is 11.1 Å². The Bertz CT molecular complexity index is 649. The number of hydrogen-bond donors (Lipinski definition) is 2. The zero-order chi connectivity index (χ0) is 14.7. The van der Waals surface area contributed by atoms with Crippen LogP contribution in [0.3, 0.4) is 0 Å².